The quantitative estimate of drug-likeness (QED) is 0.0811. The molecule has 9 heterocycles. The predicted octanol–water partition coefficient (Wildman–Crippen LogP) is 9.66. The minimum absolute atomic E-state index is 0. The van der Waals surface area contributed by atoms with Gasteiger partial charge in [0.05, 0.1) is 42.4 Å². The second kappa shape index (κ2) is 36.6. The van der Waals surface area contributed by atoms with Crippen molar-refractivity contribution in [2.24, 2.45) is 28.2 Å². The van der Waals surface area contributed by atoms with E-state index in [1.807, 2.05) is 74.2 Å². The summed E-state index contributed by atoms with van der Waals surface area (Å²) in [5.41, 5.74) is 18.5. The Hall–Kier alpha value is -10.8. The second-order valence-electron chi connectivity index (χ2n) is 23.5. The Morgan fingerprint density at radius 1 is 0.314 bits per heavy atom. The molecule has 4 aromatic carbocycles. The molecule has 7 aromatic heterocycles. The van der Waals surface area contributed by atoms with E-state index in [0.717, 1.165) is 125 Å². The Bertz CT molecular complexity index is 4920. The van der Waals surface area contributed by atoms with Crippen molar-refractivity contribution in [3.8, 4) is 44.5 Å². The summed E-state index contributed by atoms with van der Waals surface area (Å²) >= 11 is 0. The van der Waals surface area contributed by atoms with Gasteiger partial charge in [-0.2, -0.15) is 0 Å². The van der Waals surface area contributed by atoms with E-state index in [-0.39, 0.29) is 36.7 Å². The van der Waals surface area contributed by atoms with E-state index in [4.69, 9.17) is 39.7 Å². The van der Waals surface area contributed by atoms with E-state index in [2.05, 4.69) is 147 Å². The van der Waals surface area contributed by atoms with Gasteiger partial charge in [-0.05, 0) is 145 Å². The van der Waals surface area contributed by atoms with Crippen molar-refractivity contribution in [3.05, 3.63) is 264 Å². The van der Waals surface area contributed by atoms with Crippen LogP contribution in [0.2, 0.25) is 0 Å². The van der Waals surface area contributed by atoms with Gasteiger partial charge in [-0.3, -0.25) is 9.59 Å². The molecule has 24 nitrogen and oxygen atoms in total. The Kier molecular flexibility index (Phi) is 28.9. The normalized spacial score (nSPS) is 11.3. The van der Waals surface area contributed by atoms with Crippen molar-refractivity contribution in [2.45, 2.75) is 61.1 Å². The first-order valence-electron chi connectivity index (χ1n) is 31.2. The smallest absolute Gasteiger partial charge is 0.744 e. The van der Waals surface area contributed by atoms with E-state index >= 15 is 0 Å². The summed E-state index contributed by atoms with van der Waals surface area (Å²) in [5.74, 6) is -1.67. The van der Waals surface area contributed by atoms with Gasteiger partial charge in [-0.15, -0.1) is 22.1 Å². The van der Waals surface area contributed by atoms with Gasteiger partial charge in [0.15, 0.2) is 49.6 Å². The van der Waals surface area contributed by atoms with Gasteiger partial charge >= 0.3 is 17.1 Å². The molecule has 29 heteroatoms. The van der Waals surface area contributed by atoms with Crippen LogP contribution in [0.5, 0.6) is 0 Å². The van der Waals surface area contributed by atoms with Crippen LogP contribution < -0.4 is 28.2 Å². The number of rotatable bonds is 8. The number of aromatic nitrogens is 8. The van der Waals surface area contributed by atoms with E-state index in [0.29, 0.717) is 0 Å². The summed E-state index contributed by atoms with van der Waals surface area (Å²) in [6.07, 6.45) is 24.9. The number of carboxylic acid groups (broad SMARTS) is 2. The molecule has 0 aliphatic carbocycles. The molecule has 11 aromatic rings. The number of fused-ring (bicyclic) bond motifs is 8. The fraction of sp³-hybridized carbons (Fsp3) is 0.132. The molecule has 2 N–H and O–H groups in total. The van der Waals surface area contributed by atoms with Gasteiger partial charge < -0.3 is 38.4 Å². The predicted molar refractivity (Wildman–Crippen MR) is 386 cm³/mol. The Morgan fingerprint density at radius 3 is 0.610 bits per heavy atom. The van der Waals surface area contributed by atoms with Gasteiger partial charge in [0.2, 0.25) is 0 Å². The van der Waals surface area contributed by atoms with Crippen LogP contribution in [0.3, 0.4) is 0 Å². The maximum Gasteiger partial charge on any atom is 2.00 e. The molecule has 8 bridgehead atoms. The summed E-state index contributed by atoms with van der Waals surface area (Å²) in [4.78, 5) is 38.7. The van der Waals surface area contributed by atoms with Gasteiger partial charge in [-0.25, -0.2) is 61.9 Å². The van der Waals surface area contributed by atoms with Crippen LogP contribution in [-0.4, -0.2) is 84.0 Å². The number of carboxylic acids is 2. The standard InChI is InChI=1S/C44H36N8.4C7H8O3S.2C2H4O2.Fe/c1-49-21-13-29(14-22-49)41-33-5-7-35(45-33)42(30-15-23-50(2)24-16-30)37-9-11-39(47-37)44(32-19-27-52(4)28-20-32)40-12-10-38(48-40)43(36-8-6-34(41)46-36)31-17-25-51(3)26-18-31;4*1-6-2-4-7(5-3-6)11(8,9)10;2*1-2(3)4;/h5-28H,1-4H3;4*2-5H,1H3,(H,8,9,10);2*1H3,(H,3,4);/q+2;;;;;;;+2/p-4. The monoisotopic (exact) mass is 1540 g/mol. The topological polar surface area (TPSA) is 373 Å². The van der Waals surface area contributed by atoms with E-state index in [1.165, 1.54) is 48.5 Å². The molecule has 0 atom stereocenters. The van der Waals surface area contributed by atoms with Crippen LogP contribution in [0.25, 0.3) is 90.9 Å². The Balaban J connectivity index is 0.000000261. The third-order valence-corrected chi connectivity index (χ3v) is 18.3. The van der Waals surface area contributed by atoms with Gasteiger partial charge in [0.25, 0.3) is 11.9 Å². The molecule has 0 amide bonds. The molecule has 0 saturated heterocycles. The van der Waals surface area contributed by atoms with Crippen molar-refractivity contribution in [1.82, 2.24) is 19.9 Å². The molecular weight excluding hydrogens is 1460 g/mol. The SMILES string of the molecule is CC(=O)O.CC(=O)O.C[n+]1ccc(-c2c3nc(c(-c4cc[n+](C)cc4)c4ccc([n-]4)c(-c4cc[n+](C)cc4)c4nc(c(-c5cc[n+](C)cc5)c5ccc2[n-]5)C=C4)C=C3)cc1.Cc1ccc(S(=O)(=O)[O-])cc1.Cc1ccc(S(=O)(=O)[O-])cc1.Cc1ccc(S(=O)(=O)[O-])cc1.Cc1ccc(S(=O)(=O)[O-])cc1.[Fe+2]. The second-order valence-corrected chi connectivity index (χ2v) is 29.0. The fourth-order valence-corrected chi connectivity index (χ4v) is 11.6. The molecule has 0 fully saturated rings. The van der Waals surface area contributed by atoms with Crippen molar-refractivity contribution >= 4 is 98.8 Å². The number of hydrogen-bond donors (Lipinski definition) is 2. The van der Waals surface area contributed by atoms with Gasteiger partial charge in [0, 0.05) is 62.4 Å². The maximum atomic E-state index is 10.4. The molecule has 2 aliphatic heterocycles. The van der Waals surface area contributed by atoms with Crippen molar-refractivity contribution in [1.29, 1.82) is 0 Å². The summed E-state index contributed by atoms with van der Waals surface area (Å²) in [5, 5.41) is 14.8. The van der Waals surface area contributed by atoms with Gasteiger partial charge in [0.1, 0.15) is 68.7 Å². The minimum atomic E-state index is -4.27. The Labute approximate surface area is 619 Å². The molecular formula is C76H72FeN8O16S4. The zero-order chi connectivity index (χ0) is 76.4. The number of pyridine rings is 4. The fourth-order valence-electron chi connectivity index (χ4n) is 9.76. The largest absolute Gasteiger partial charge is 2.00 e. The maximum absolute atomic E-state index is 10.4. The van der Waals surface area contributed by atoms with E-state index < -0.39 is 52.4 Å². The number of carbonyl (C=O) groups is 2. The molecule has 2 aliphatic rings. The third-order valence-electron chi connectivity index (χ3n) is 14.9. The number of hydrogen-bond acceptors (Lipinski definition) is 16. The van der Waals surface area contributed by atoms with E-state index in [9.17, 15) is 51.9 Å². The van der Waals surface area contributed by atoms with Crippen molar-refractivity contribution in [2.75, 3.05) is 0 Å². The van der Waals surface area contributed by atoms with Crippen molar-refractivity contribution < 1.29 is 107 Å². The first-order valence-corrected chi connectivity index (χ1v) is 36.9. The first-order chi connectivity index (χ1) is 48.8. The van der Waals surface area contributed by atoms with Crippen molar-refractivity contribution in [3.63, 3.8) is 0 Å². The zero-order valence-electron chi connectivity index (χ0n) is 58.3. The van der Waals surface area contributed by atoms with Crippen LogP contribution in [-0.2, 0) is 95.3 Å². The van der Waals surface area contributed by atoms with E-state index in [1.54, 1.807) is 48.5 Å². The van der Waals surface area contributed by atoms with Crippen LogP contribution in [0.1, 0.15) is 58.9 Å². The number of nitrogens with zero attached hydrogens (tertiary/aromatic N) is 8. The van der Waals surface area contributed by atoms with Gasteiger partial charge in [-0.1, -0.05) is 95.1 Å². The molecule has 0 radical (unpaired) electrons. The van der Waals surface area contributed by atoms with Crippen LogP contribution >= 0.6 is 0 Å². The Morgan fingerprint density at radius 2 is 0.467 bits per heavy atom. The average molecular weight is 1540 g/mol. The van der Waals surface area contributed by atoms with Crippen LogP contribution in [0.4, 0.5) is 0 Å². The molecule has 0 spiro atoms. The van der Waals surface area contributed by atoms with Crippen LogP contribution in [0.15, 0.2) is 239 Å². The number of aryl methyl sites for hydroxylation is 8. The summed E-state index contributed by atoms with van der Waals surface area (Å²) in [6, 6.07) is 48.5. The summed E-state index contributed by atoms with van der Waals surface area (Å²) in [6.45, 7) is 9.45. The molecule has 13 rings (SSSR count). The first kappa shape index (κ1) is 83.1. The number of aliphatic carboxylic acids is 2. The van der Waals surface area contributed by atoms with Crippen LogP contribution in [0, 0.1) is 27.7 Å². The molecule has 544 valence electrons. The molecule has 0 saturated carbocycles. The average Bonchev–Trinajstić information content (AvgIpc) is 1.62. The summed E-state index contributed by atoms with van der Waals surface area (Å²) < 4.78 is 133. The number of benzene rings is 4. The molecule has 105 heavy (non-hydrogen) atoms. The zero-order valence-corrected chi connectivity index (χ0v) is 62.6. The minimum Gasteiger partial charge on any atom is -0.744 e. The third kappa shape index (κ3) is 24.7. The summed E-state index contributed by atoms with van der Waals surface area (Å²) in [7, 11) is -8.98. The molecule has 0 unspecified atom stereocenters.